The van der Waals surface area contributed by atoms with Crippen LogP contribution in [-0.4, -0.2) is 28.9 Å². The number of amides is 1. The van der Waals surface area contributed by atoms with Gasteiger partial charge < -0.3 is 10.6 Å². The molecule has 2 aromatic rings. The first-order chi connectivity index (χ1) is 9.63. The number of likely N-dealkylation sites (N-methyl/N-ethyl adjacent to an activating group) is 1. The summed E-state index contributed by atoms with van der Waals surface area (Å²) in [6, 6.07) is 7.63. The summed E-state index contributed by atoms with van der Waals surface area (Å²) >= 11 is 1.54. The summed E-state index contributed by atoms with van der Waals surface area (Å²) in [4.78, 5) is 18.4. The normalized spacial score (nSPS) is 10.5. The van der Waals surface area contributed by atoms with Gasteiger partial charge in [0.15, 0.2) is 0 Å². The molecule has 0 fully saturated rings. The van der Waals surface area contributed by atoms with Crippen LogP contribution in [0, 0.1) is 0 Å². The number of benzene rings is 1. The molecule has 0 spiro atoms. The van der Waals surface area contributed by atoms with Crippen molar-refractivity contribution in [2.24, 2.45) is 0 Å². The predicted octanol–water partition coefficient (Wildman–Crippen LogP) is 2.80. The quantitative estimate of drug-likeness (QED) is 0.861. The van der Waals surface area contributed by atoms with Gasteiger partial charge in [0.2, 0.25) is 5.91 Å². The average molecular weight is 289 g/mol. The molecule has 1 heterocycles. The zero-order chi connectivity index (χ0) is 14.5. The molecule has 5 heteroatoms. The highest BCUT2D eigenvalue weighted by Gasteiger charge is 2.13. The molecule has 0 bridgehead atoms. The first-order valence-electron chi connectivity index (χ1n) is 6.72. The van der Waals surface area contributed by atoms with Crippen LogP contribution in [-0.2, 0) is 11.2 Å². The number of aromatic nitrogens is 1. The van der Waals surface area contributed by atoms with Crippen LogP contribution in [0.3, 0.4) is 0 Å². The van der Waals surface area contributed by atoms with E-state index in [1.807, 2.05) is 48.4 Å². The lowest BCUT2D eigenvalue weighted by Crippen LogP contribution is -2.31. The standard InChI is InChI=1S/C15H19N3OS/c1-3-18(4-2)14(19)9-13-10-20-15(17-13)11-6-5-7-12(16)8-11/h5-8,10H,3-4,9,16H2,1-2H3. The Kier molecular flexibility index (Phi) is 4.74. The lowest BCUT2D eigenvalue weighted by atomic mass is 10.2. The van der Waals surface area contributed by atoms with Gasteiger partial charge in [-0.1, -0.05) is 12.1 Å². The molecule has 0 aliphatic carbocycles. The molecule has 1 aromatic carbocycles. The highest BCUT2D eigenvalue weighted by Crippen LogP contribution is 2.25. The van der Waals surface area contributed by atoms with E-state index >= 15 is 0 Å². The number of nitrogen functional groups attached to an aromatic ring is 1. The van der Waals surface area contributed by atoms with Gasteiger partial charge in [0, 0.05) is 29.7 Å². The average Bonchev–Trinajstić information content (AvgIpc) is 2.88. The smallest absolute Gasteiger partial charge is 0.228 e. The van der Waals surface area contributed by atoms with Crippen molar-refractivity contribution in [3.63, 3.8) is 0 Å². The van der Waals surface area contributed by atoms with Gasteiger partial charge in [0.1, 0.15) is 5.01 Å². The number of anilines is 1. The second-order valence-electron chi connectivity index (χ2n) is 4.51. The summed E-state index contributed by atoms with van der Waals surface area (Å²) in [7, 11) is 0. The minimum atomic E-state index is 0.124. The summed E-state index contributed by atoms with van der Waals surface area (Å²) in [5, 5.41) is 2.85. The molecule has 0 atom stereocenters. The van der Waals surface area contributed by atoms with E-state index < -0.39 is 0 Å². The predicted molar refractivity (Wildman–Crippen MR) is 83.6 cm³/mol. The Balaban J connectivity index is 2.11. The SMILES string of the molecule is CCN(CC)C(=O)Cc1csc(-c2cccc(N)c2)n1. The van der Waals surface area contributed by atoms with Crippen LogP contribution in [0.2, 0.25) is 0 Å². The highest BCUT2D eigenvalue weighted by molar-refractivity contribution is 7.13. The Morgan fingerprint density at radius 1 is 1.35 bits per heavy atom. The Morgan fingerprint density at radius 2 is 2.10 bits per heavy atom. The van der Waals surface area contributed by atoms with Crippen LogP contribution in [0.1, 0.15) is 19.5 Å². The molecule has 20 heavy (non-hydrogen) atoms. The van der Waals surface area contributed by atoms with Gasteiger partial charge in [0.05, 0.1) is 12.1 Å². The van der Waals surface area contributed by atoms with Gasteiger partial charge in [-0.2, -0.15) is 0 Å². The van der Waals surface area contributed by atoms with Gasteiger partial charge >= 0.3 is 0 Å². The number of hydrogen-bond donors (Lipinski definition) is 1. The lowest BCUT2D eigenvalue weighted by Gasteiger charge is -2.17. The van der Waals surface area contributed by atoms with E-state index in [0.717, 1.165) is 35.0 Å². The van der Waals surface area contributed by atoms with Crippen LogP contribution in [0.15, 0.2) is 29.6 Å². The van der Waals surface area contributed by atoms with Gasteiger partial charge in [-0.3, -0.25) is 4.79 Å². The number of carbonyl (C=O) groups excluding carboxylic acids is 1. The molecule has 2 N–H and O–H groups in total. The first kappa shape index (κ1) is 14.5. The maximum Gasteiger partial charge on any atom is 0.228 e. The van der Waals surface area contributed by atoms with Crippen LogP contribution >= 0.6 is 11.3 Å². The van der Waals surface area contributed by atoms with Crippen LogP contribution in [0.4, 0.5) is 5.69 Å². The van der Waals surface area contributed by atoms with E-state index in [1.165, 1.54) is 0 Å². The van der Waals surface area contributed by atoms with Crippen molar-refractivity contribution in [1.29, 1.82) is 0 Å². The van der Waals surface area contributed by atoms with Gasteiger partial charge in [-0.25, -0.2) is 4.98 Å². The van der Waals surface area contributed by atoms with Gasteiger partial charge in [-0.15, -0.1) is 11.3 Å². The van der Waals surface area contributed by atoms with E-state index in [9.17, 15) is 4.79 Å². The van der Waals surface area contributed by atoms with E-state index in [-0.39, 0.29) is 5.91 Å². The Labute approximate surface area is 123 Å². The molecule has 0 aliphatic heterocycles. The van der Waals surface area contributed by atoms with E-state index in [4.69, 9.17) is 5.73 Å². The molecule has 1 amide bonds. The summed E-state index contributed by atoms with van der Waals surface area (Å²) in [6.45, 7) is 5.45. The third-order valence-corrected chi connectivity index (χ3v) is 4.07. The molecule has 4 nitrogen and oxygen atoms in total. The molecule has 106 valence electrons. The van der Waals surface area contributed by atoms with Crippen molar-refractivity contribution in [2.75, 3.05) is 18.8 Å². The molecule has 0 unspecified atom stereocenters. The van der Waals surface area contributed by atoms with Crippen molar-refractivity contribution in [2.45, 2.75) is 20.3 Å². The second kappa shape index (κ2) is 6.52. The number of rotatable bonds is 5. The number of nitrogens with zero attached hydrogens (tertiary/aromatic N) is 2. The monoisotopic (exact) mass is 289 g/mol. The highest BCUT2D eigenvalue weighted by atomic mass is 32.1. The minimum absolute atomic E-state index is 0.124. The second-order valence-corrected chi connectivity index (χ2v) is 5.37. The van der Waals surface area contributed by atoms with Crippen LogP contribution < -0.4 is 5.73 Å². The first-order valence-corrected chi connectivity index (χ1v) is 7.60. The molecule has 1 aromatic heterocycles. The molecular weight excluding hydrogens is 270 g/mol. The fraction of sp³-hybridized carbons (Fsp3) is 0.333. The summed E-state index contributed by atoms with van der Waals surface area (Å²) < 4.78 is 0. The maximum absolute atomic E-state index is 12.0. The van der Waals surface area contributed by atoms with Crippen molar-refractivity contribution in [3.05, 3.63) is 35.3 Å². The molecule has 0 radical (unpaired) electrons. The van der Waals surface area contributed by atoms with E-state index in [1.54, 1.807) is 11.3 Å². The fourth-order valence-electron chi connectivity index (χ4n) is 2.04. The molecular formula is C15H19N3OS. The third-order valence-electron chi connectivity index (χ3n) is 3.13. The zero-order valence-corrected chi connectivity index (χ0v) is 12.6. The molecule has 0 aliphatic rings. The lowest BCUT2D eigenvalue weighted by molar-refractivity contribution is -0.130. The number of thiazole rings is 1. The van der Waals surface area contributed by atoms with Crippen LogP contribution in [0.25, 0.3) is 10.6 Å². The number of carbonyl (C=O) groups is 1. The van der Waals surface area contributed by atoms with E-state index in [2.05, 4.69) is 4.98 Å². The number of hydrogen-bond acceptors (Lipinski definition) is 4. The molecule has 0 saturated carbocycles. The van der Waals surface area contributed by atoms with Crippen molar-refractivity contribution in [1.82, 2.24) is 9.88 Å². The third kappa shape index (κ3) is 3.36. The fourth-order valence-corrected chi connectivity index (χ4v) is 2.85. The summed E-state index contributed by atoms with van der Waals surface area (Å²) in [5.41, 5.74) is 8.32. The van der Waals surface area contributed by atoms with Crippen molar-refractivity contribution < 1.29 is 4.79 Å². The number of nitrogens with two attached hydrogens (primary N) is 1. The largest absolute Gasteiger partial charge is 0.399 e. The minimum Gasteiger partial charge on any atom is -0.399 e. The Hall–Kier alpha value is -1.88. The van der Waals surface area contributed by atoms with Crippen LogP contribution in [0.5, 0.6) is 0 Å². The zero-order valence-electron chi connectivity index (χ0n) is 11.8. The van der Waals surface area contributed by atoms with Crippen molar-refractivity contribution >= 4 is 22.9 Å². The van der Waals surface area contributed by atoms with Gasteiger partial charge in [-0.05, 0) is 26.0 Å². The van der Waals surface area contributed by atoms with E-state index in [0.29, 0.717) is 6.42 Å². The molecule has 0 saturated heterocycles. The molecule has 2 rings (SSSR count). The van der Waals surface area contributed by atoms with Gasteiger partial charge in [0.25, 0.3) is 0 Å². The summed E-state index contributed by atoms with van der Waals surface area (Å²) in [6.07, 6.45) is 0.362. The maximum atomic E-state index is 12.0. The Bertz CT molecular complexity index is 590. The Morgan fingerprint density at radius 3 is 2.75 bits per heavy atom. The topological polar surface area (TPSA) is 59.2 Å². The van der Waals surface area contributed by atoms with Crippen molar-refractivity contribution in [3.8, 4) is 10.6 Å². The summed E-state index contributed by atoms with van der Waals surface area (Å²) in [5.74, 6) is 0.124.